The summed E-state index contributed by atoms with van der Waals surface area (Å²) < 4.78 is 26.9. The van der Waals surface area contributed by atoms with E-state index in [-0.39, 0.29) is 28.6 Å². The molecule has 108 valence electrons. The number of anilines is 1. The van der Waals surface area contributed by atoms with Crippen molar-refractivity contribution in [2.24, 2.45) is 5.73 Å². The van der Waals surface area contributed by atoms with E-state index in [1.807, 2.05) is 6.92 Å². The SMILES string of the molecule is C#CCC(CC)NS(=O)(=O)c1ccc(C(N)=O)cc1N. The number of benzene rings is 1. The minimum absolute atomic E-state index is 0.0376. The Hall–Kier alpha value is -2.04. The molecule has 0 saturated carbocycles. The molecule has 6 nitrogen and oxygen atoms in total. The summed E-state index contributed by atoms with van der Waals surface area (Å²) in [5, 5.41) is 0. The summed E-state index contributed by atoms with van der Waals surface area (Å²) in [6.07, 6.45) is 6.03. The van der Waals surface area contributed by atoms with E-state index in [1.54, 1.807) is 0 Å². The van der Waals surface area contributed by atoms with Gasteiger partial charge in [-0.25, -0.2) is 13.1 Å². The highest BCUT2D eigenvalue weighted by Crippen LogP contribution is 2.20. The van der Waals surface area contributed by atoms with Crippen LogP contribution in [-0.2, 0) is 10.0 Å². The summed E-state index contributed by atoms with van der Waals surface area (Å²) in [7, 11) is -3.79. The highest BCUT2D eigenvalue weighted by atomic mass is 32.2. The number of rotatable bonds is 6. The summed E-state index contributed by atoms with van der Waals surface area (Å²) in [5.74, 6) is 1.74. The maximum atomic E-state index is 12.2. The first-order valence-electron chi connectivity index (χ1n) is 5.97. The predicted molar refractivity (Wildman–Crippen MR) is 77.2 cm³/mol. The minimum atomic E-state index is -3.79. The lowest BCUT2D eigenvalue weighted by Crippen LogP contribution is -2.34. The number of nitrogens with two attached hydrogens (primary N) is 2. The van der Waals surface area contributed by atoms with Gasteiger partial charge in [-0.1, -0.05) is 6.92 Å². The number of nitrogens with one attached hydrogen (secondary N) is 1. The number of sulfonamides is 1. The van der Waals surface area contributed by atoms with E-state index in [2.05, 4.69) is 10.6 Å². The van der Waals surface area contributed by atoms with Crippen LogP contribution in [0.25, 0.3) is 0 Å². The molecule has 0 aromatic heterocycles. The summed E-state index contributed by atoms with van der Waals surface area (Å²) in [6, 6.07) is 3.44. The monoisotopic (exact) mass is 295 g/mol. The van der Waals surface area contributed by atoms with E-state index in [0.29, 0.717) is 6.42 Å². The van der Waals surface area contributed by atoms with Crippen molar-refractivity contribution in [3.8, 4) is 12.3 Å². The largest absolute Gasteiger partial charge is 0.398 e. The number of carbonyl (C=O) groups is 1. The number of primary amides is 1. The fraction of sp³-hybridized carbons (Fsp3) is 0.308. The standard InChI is InChI=1S/C13H17N3O3S/c1-3-5-10(4-2)16-20(18,19)12-7-6-9(13(15)17)8-11(12)14/h1,6-8,10,16H,4-5,14H2,2H3,(H2,15,17). The lowest BCUT2D eigenvalue weighted by molar-refractivity contribution is 0.1000. The van der Waals surface area contributed by atoms with E-state index in [9.17, 15) is 13.2 Å². The Labute approximate surface area is 118 Å². The lowest BCUT2D eigenvalue weighted by atomic mass is 10.2. The van der Waals surface area contributed by atoms with Gasteiger partial charge < -0.3 is 11.5 Å². The van der Waals surface area contributed by atoms with Gasteiger partial charge in [-0.15, -0.1) is 12.3 Å². The van der Waals surface area contributed by atoms with Gasteiger partial charge in [-0.3, -0.25) is 4.79 Å². The number of amides is 1. The first-order valence-corrected chi connectivity index (χ1v) is 7.45. The molecule has 1 unspecified atom stereocenters. The van der Waals surface area contributed by atoms with Gasteiger partial charge in [-0.2, -0.15) is 0 Å². The van der Waals surface area contributed by atoms with Crippen molar-refractivity contribution in [1.29, 1.82) is 0 Å². The first-order chi connectivity index (χ1) is 9.31. The van der Waals surface area contributed by atoms with E-state index >= 15 is 0 Å². The van der Waals surface area contributed by atoms with Crippen molar-refractivity contribution in [3.63, 3.8) is 0 Å². The van der Waals surface area contributed by atoms with Crippen LogP contribution in [0.15, 0.2) is 23.1 Å². The second kappa shape index (κ2) is 6.41. The van der Waals surface area contributed by atoms with Crippen LogP contribution in [-0.4, -0.2) is 20.4 Å². The molecule has 0 heterocycles. The van der Waals surface area contributed by atoms with Crippen LogP contribution >= 0.6 is 0 Å². The zero-order chi connectivity index (χ0) is 15.3. The average Bonchev–Trinajstić information content (AvgIpc) is 2.37. The van der Waals surface area contributed by atoms with Crippen molar-refractivity contribution in [2.75, 3.05) is 5.73 Å². The summed E-state index contributed by atoms with van der Waals surface area (Å²) in [6.45, 7) is 1.82. The van der Waals surface area contributed by atoms with E-state index in [0.717, 1.165) is 0 Å². The Morgan fingerprint density at radius 2 is 2.15 bits per heavy atom. The summed E-state index contributed by atoms with van der Waals surface area (Å²) >= 11 is 0. The van der Waals surface area contributed by atoms with Gasteiger partial charge in [0.05, 0.1) is 5.69 Å². The van der Waals surface area contributed by atoms with Gasteiger partial charge in [0.1, 0.15) is 4.90 Å². The molecule has 0 aliphatic heterocycles. The number of hydrogen-bond acceptors (Lipinski definition) is 4. The molecule has 1 atom stereocenters. The molecule has 0 aliphatic rings. The van der Waals surface area contributed by atoms with Crippen molar-refractivity contribution < 1.29 is 13.2 Å². The smallest absolute Gasteiger partial charge is 0.248 e. The molecule has 20 heavy (non-hydrogen) atoms. The maximum absolute atomic E-state index is 12.2. The molecule has 1 aromatic rings. The molecule has 7 heteroatoms. The number of hydrogen-bond donors (Lipinski definition) is 3. The summed E-state index contributed by atoms with van der Waals surface area (Å²) in [4.78, 5) is 10.9. The van der Waals surface area contributed by atoms with Gasteiger partial charge in [0.2, 0.25) is 15.9 Å². The molecule has 0 spiro atoms. The first kappa shape index (κ1) is 16.0. The van der Waals surface area contributed by atoms with E-state index in [4.69, 9.17) is 17.9 Å². The molecule has 0 bridgehead atoms. The zero-order valence-electron chi connectivity index (χ0n) is 11.1. The van der Waals surface area contributed by atoms with Gasteiger partial charge in [0.15, 0.2) is 0 Å². The van der Waals surface area contributed by atoms with Crippen LogP contribution in [0.1, 0.15) is 30.1 Å². The molecule has 1 rings (SSSR count). The van der Waals surface area contributed by atoms with Gasteiger partial charge in [-0.05, 0) is 24.6 Å². The Bertz CT molecular complexity index is 647. The minimum Gasteiger partial charge on any atom is -0.398 e. The molecular weight excluding hydrogens is 278 g/mol. The second-order valence-electron chi connectivity index (χ2n) is 4.25. The molecule has 0 saturated heterocycles. The molecular formula is C13H17N3O3S. The highest BCUT2D eigenvalue weighted by molar-refractivity contribution is 7.89. The summed E-state index contributed by atoms with van der Waals surface area (Å²) in [5.41, 5.74) is 10.9. The molecule has 0 radical (unpaired) electrons. The third-order valence-electron chi connectivity index (χ3n) is 2.76. The zero-order valence-corrected chi connectivity index (χ0v) is 11.9. The van der Waals surface area contributed by atoms with Crippen LogP contribution in [0, 0.1) is 12.3 Å². The van der Waals surface area contributed by atoms with Gasteiger partial charge >= 0.3 is 0 Å². The van der Waals surface area contributed by atoms with E-state index in [1.165, 1.54) is 18.2 Å². The van der Waals surface area contributed by atoms with Crippen LogP contribution in [0.4, 0.5) is 5.69 Å². The Morgan fingerprint density at radius 1 is 1.50 bits per heavy atom. The Morgan fingerprint density at radius 3 is 2.60 bits per heavy atom. The van der Waals surface area contributed by atoms with Crippen LogP contribution in [0.2, 0.25) is 0 Å². The average molecular weight is 295 g/mol. The van der Waals surface area contributed by atoms with Crippen molar-refractivity contribution >= 4 is 21.6 Å². The van der Waals surface area contributed by atoms with Crippen LogP contribution in [0.5, 0.6) is 0 Å². The van der Waals surface area contributed by atoms with Crippen molar-refractivity contribution in [3.05, 3.63) is 23.8 Å². The fourth-order valence-corrected chi connectivity index (χ4v) is 3.07. The Balaban J connectivity index is 3.10. The molecule has 1 amide bonds. The lowest BCUT2D eigenvalue weighted by Gasteiger charge is -2.15. The number of nitrogen functional groups attached to an aromatic ring is 1. The highest BCUT2D eigenvalue weighted by Gasteiger charge is 2.21. The topological polar surface area (TPSA) is 115 Å². The number of carbonyl (C=O) groups excluding carboxylic acids is 1. The maximum Gasteiger partial charge on any atom is 0.248 e. The second-order valence-corrected chi connectivity index (χ2v) is 5.93. The normalized spacial score (nSPS) is 12.6. The van der Waals surface area contributed by atoms with E-state index < -0.39 is 15.9 Å². The molecule has 1 aromatic carbocycles. The third-order valence-corrected chi connectivity index (χ3v) is 4.36. The molecule has 0 aliphatic carbocycles. The van der Waals surface area contributed by atoms with Gasteiger partial charge in [0, 0.05) is 18.0 Å². The Kier molecular flexibility index (Phi) is 5.13. The quantitative estimate of drug-likeness (QED) is 0.522. The van der Waals surface area contributed by atoms with Crippen molar-refractivity contribution in [2.45, 2.75) is 30.7 Å². The fourth-order valence-electron chi connectivity index (χ4n) is 1.64. The van der Waals surface area contributed by atoms with Crippen LogP contribution in [0.3, 0.4) is 0 Å². The molecule has 5 N–H and O–H groups in total. The van der Waals surface area contributed by atoms with Gasteiger partial charge in [0.25, 0.3) is 0 Å². The van der Waals surface area contributed by atoms with Crippen molar-refractivity contribution in [1.82, 2.24) is 4.72 Å². The molecule has 0 fully saturated rings. The predicted octanol–water partition coefficient (Wildman–Crippen LogP) is 0.448. The number of terminal acetylenes is 1. The third kappa shape index (κ3) is 3.73. The van der Waals surface area contributed by atoms with Crippen LogP contribution < -0.4 is 16.2 Å².